The third kappa shape index (κ3) is 4.08. The van der Waals surface area contributed by atoms with Crippen molar-refractivity contribution in [1.82, 2.24) is 4.90 Å². The van der Waals surface area contributed by atoms with Gasteiger partial charge in [0, 0.05) is 31.9 Å². The Labute approximate surface area is 139 Å². The summed E-state index contributed by atoms with van der Waals surface area (Å²) in [5, 5.41) is 2.75. The summed E-state index contributed by atoms with van der Waals surface area (Å²) >= 11 is 0. The van der Waals surface area contributed by atoms with Crippen LogP contribution < -0.4 is 10.2 Å². The van der Waals surface area contributed by atoms with E-state index in [0.29, 0.717) is 37.6 Å². The molecule has 4 nitrogen and oxygen atoms in total. The minimum Gasteiger partial charge on any atom is -0.367 e. The normalized spacial score (nSPS) is 15.3. The summed E-state index contributed by atoms with van der Waals surface area (Å²) in [6, 6.07) is 12.4. The van der Waals surface area contributed by atoms with Gasteiger partial charge in [0.05, 0.1) is 12.2 Å². The maximum absolute atomic E-state index is 13.8. The van der Waals surface area contributed by atoms with Crippen molar-refractivity contribution >= 4 is 17.3 Å². The third-order valence-corrected chi connectivity index (χ3v) is 4.06. The highest BCUT2D eigenvalue weighted by Gasteiger charge is 2.20. The molecule has 1 fully saturated rings. The maximum Gasteiger partial charge on any atom is 0.238 e. The minimum absolute atomic E-state index is 0.138. The zero-order valence-corrected chi connectivity index (χ0v) is 13.2. The quantitative estimate of drug-likeness (QED) is 0.936. The number of hydrogen-bond acceptors (Lipinski definition) is 3. The first-order valence-corrected chi connectivity index (χ1v) is 7.89. The molecule has 1 aliphatic heterocycles. The lowest BCUT2D eigenvalue weighted by Gasteiger charge is -2.35. The van der Waals surface area contributed by atoms with E-state index in [0.717, 1.165) is 0 Å². The molecular weight excluding hydrogens is 312 g/mol. The van der Waals surface area contributed by atoms with Gasteiger partial charge in [-0.05, 0) is 36.4 Å². The summed E-state index contributed by atoms with van der Waals surface area (Å²) in [6.45, 7) is 2.98. The van der Waals surface area contributed by atoms with Crippen LogP contribution >= 0.6 is 0 Å². The first-order valence-electron chi connectivity index (χ1n) is 7.89. The van der Waals surface area contributed by atoms with Crippen molar-refractivity contribution in [2.45, 2.75) is 0 Å². The van der Waals surface area contributed by atoms with Gasteiger partial charge in [0.15, 0.2) is 0 Å². The van der Waals surface area contributed by atoms with Gasteiger partial charge in [-0.1, -0.05) is 12.1 Å². The van der Waals surface area contributed by atoms with E-state index in [4.69, 9.17) is 0 Å². The molecule has 0 radical (unpaired) electrons. The number of carbonyl (C=O) groups is 1. The Kier molecular flexibility index (Phi) is 5.05. The Balaban J connectivity index is 1.49. The lowest BCUT2D eigenvalue weighted by Crippen LogP contribution is -2.48. The van der Waals surface area contributed by atoms with E-state index in [2.05, 4.69) is 5.32 Å². The largest absolute Gasteiger partial charge is 0.367 e. The summed E-state index contributed by atoms with van der Waals surface area (Å²) in [7, 11) is 0. The maximum atomic E-state index is 13.8. The van der Waals surface area contributed by atoms with Gasteiger partial charge in [0.1, 0.15) is 11.6 Å². The van der Waals surface area contributed by atoms with Crippen molar-refractivity contribution in [2.24, 2.45) is 0 Å². The summed E-state index contributed by atoms with van der Waals surface area (Å²) in [6.07, 6.45) is 0. The van der Waals surface area contributed by atoms with E-state index in [1.807, 2.05) is 15.9 Å². The third-order valence-electron chi connectivity index (χ3n) is 4.06. The highest BCUT2D eigenvalue weighted by Crippen LogP contribution is 2.20. The number of halogens is 2. The molecule has 2 aromatic carbocycles. The zero-order chi connectivity index (χ0) is 16.9. The molecule has 0 atom stereocenters. The molecule has 2 aromatic rings. The summed E-state index contributed by atoms with van der Waals surface area (Å²) in [5.74, 6) is -0.696. The number of nitrogens with zero attached hydrogens (tertiary/aromatic N) is 2. The predicted octanol–water partition coefficient (Wildman–Crippen LogP) is 2.73. The standard InChI is InChI=1S/C18H19F2N3O/c19-14-5-7-15(8-6-14)21-18(24)13-22-9-11-23(12-10-22)17-4-2-1-3-16(17)20/h1-8H,9-13H2,(H,21,24). The molecular formula is C18H19F2N3O. The average Bonchev–Trinajstić information content (AvgIpc) is 2.58. The Morgan fingerprint density at radius 2 is 1.62 bits per heavy atom. The minimum atomic E-state index is -0.336. The number of nitrogens with one attached hydrogen (secondary N) is 1. The lowest BCUT2D eigenvalue weighted by molar-refractivity contribution is -0.117. The molecule has 24 heavy (non-hydrogen) atoms. The number of para-hydroxylation sites is 1. The Bertz CT molecular complexity index is 698. The first-order chi connectivity index (χ1) is 11.6. The molecule has 0 saturated carbocycles. The molecule has 0 bridgehead atoms. The van der Waals surface area contributed by atoms with Gasteiger partial charge >= 0.3 is 0 Å². The van der Waals surface area contributed by atoms with Crippen LogP contribution in [0.2, 0.25) is 0 Å². The summed E-state index contributed by atoms with van der Waals surface area (Å²) < 4.78 is 26.7. The zero-order valence-electron chi connectivity index (χ0n) is 13.2. The van der Waals surface area contributed by atoms with E-state index in [1.165, 1.54) is 30.3 Å². The van der Waals surface area contributed by atoms with Crippen LogP contribution in [0, 0.1) is 11.6 Å². The molecule has 0 unspecified atom stereocenters. The van der Waals surface area contributed by atoms with Gasteiger partial charge in [-0.15, -0.1) is 0 Å². The Morgan fingerprint density at radius 1 is 0.958 bits per heavy atom. The fourth-order valence-corrected chi connectivity index (χ4v) is 2.79. The number of rotatable bonds is 4. The van der Waals surface area contributed by atoms with Crippen LogP contribution in [0.3, 0.4) is 0 Å². The average molecular weight is 331 g/mol. The van der Waals surface area contributed by atoms with Crippen LogP contribution in [0.25, 0.3) is 0 Å². The number of piperazine rings is 1. The van der Waals surface area contributed by atoms with Gasteiger partial charge in [0.2, 0.25) is 5.91 Å². The molecule has 1 N–H and O–H groups in total. The van der Waals surface area contributed by atoms with Crippen LogP contribution in [0.1, 0.15) is 0 Å². The Hall–Kier alpha value is -2.47. The van der Waals surface area contributed by atoms with Crippen LogP contribution in [0.4, 0.5) is 20.2 Å². The van der Waals surface area contributed by atoms with Crippen molar-refractivity contribution in [1.29, 1.82) is 0 Å². The van der Waals surface area contributed by atoms with E-state index in [-0.39, 0.29) is 24.1 Å². The highest BCUT2D eigenvalue weighted by molar-refractivity contribution is 5.92. The molecule has 1 heterocycles. The molecule has 3 rings (SSSR count). The molecule has 0 spiro atoms. The second-order valence-corrected chi connectivity index (χ2v) is 5.77. The number of hydrogen-bond donors (Lipinski definition) is 1. The second-order valence-electron chi connectivity index (χ2n) is 5.77. The number of carbonyl (C=O) groups excluding carboxylic acids is 1. The SMILES string of the molecule is O=C(CN1CCN(c2ccccc2F)CC1)Nc1ccc(F)cc1. The monoisotopic (exact) mass is 331 g/mol. The molecule has 126 valence electrons. The van der Waals surface area contributed by atoms with Gasteiger partial charge in [-0.2, -0.15) is 0 Å². The van der Waals surface area contributed by atoms with Crippen molar-refractivity contribution in [3.8, 4) is 0 Å². The fourth-order valence-electron chi connectivity index (χ4n) is 2.79. The van der Waals surface area contributed by atoms with Crippen molar-refractivity contribution < 1.29 is 13.6 Å². The van der Waals surface area contributed by atoms with Crippen LogP contribution in [-0.4, -0.2) is 43.5 Å². The van der Waals surface area contributed by atoms with E-state index in [9.17, 15) is 13.6 Å². The fraction of sp³-hybridized carbons (Fsp3) is 0.278. The molecule has 0 aromatic heterocycles. The molecule has 1 saturated heterocycles. The number of anilines is 2. The van der Waals surface area contributed by atoms with Crippen LogP contribution in [0.15, 0.2) is 48.5 Å². The van der Waals surface area contributed by atoms with Crippen LogP contribution in [-0.2, 0) is 4.79 Å². The van der Waals surface area contributed by atoms with Crippen molar-refractivity contribution in [3.63, 3.8) is 0 Å². The van der Waals surface area contributed by atoms with E-state index < -0.39 is 0 Å². The molecule has 1 amide bonds. The predicted molar refractivity (Wildman–Crippen MR) is 90.1 cm³/mol. The smallest absolute Gasteiger partial charge is 0.238 e. The van der Waals surface area contributed by atoms with Gasteiger partial charge in [0.25, 0.3) is 0 Å². The molecule has 6 heteroatoms. The summed E-state index contributed by atoms with van der Waals surface area (Å²) in [5.41, 5.74) is 1.18. The number of amides is 1. The van der Waals surface area contributed by atoms with Crippen LogP contribution in [0.5, 0.6) is 0 Å². The van der Waals surface area contributed by atoms with Gasteiger partial charge in [-0.3, -0.25) is 9.69 Å². The second kappa shape index (κ2) is 7.40. The first kappa shape index (κ1) is 16.4. The Morgan fingerprint density at radius 3 is 2.29 bits per heavy atom. The number of benzene rings is 2. The highest BCUT2D eigenvalue weighted by atomic mass is 19.1. The summed E-state index contributed by atoms with van der Waals surface area (Å²) in [4.78, 5) is 16.1. The topological polar surface area (TPSA) is 35.6 Å². The van der Waals surface area contributed by atoms with E-state index >= 15 is 0 Å². The van der Waals surface area contributed by atoms with Crippen molar-refractivity contribution in [2.75, 3.05) is 42.9 Å². The van der Waals surface area contributed by atoms with Gasteiger partial charge in [-0.25, -0.2) is 8.78 Å². The van der Waals surface area contributed by atoms with Crippen molar-refractivity contribution in [3.05, 3.63) is 60.2 Å². The molecule has 0 aliphatic carbocycles. The van der Waals surface area contributed by atoms with Gasteiger partial charge < -0.3 is 10.2 Å². The lowest BCUT2D eigenvalue weighted by atomic mass is 10.2. The molecule has 1 aliphatic rings. The van der Waals surface area contributed by atoms with E-state index in [1.54, 1.807) is 12.1 Å².